The Hall–Kier alpha value is -2.82. The van der Waals surface area contributed by atoms with Gasteiger partial charge >= 0.3 is 0 Å². The quantitative estimate of drug-likeness (QED) is 0.878. The van der Waals surface area contributed by atoms with E-state index in [0.29, 0.717) is 13.2 Å². The Morgan fingerprint density at radius 1 is 1.32 bits per heavy atom. The number of benzene rings is 1. The third-order valence-corrected chi connectivity index (χ3v) is 3.97. The van der Waals surface area contributed by atoms with Gasteiger partial charge in [0.05, 0.1) is 12.2 Å². The summed E-state index contributed by atoms with van der Waals surface area (Å²) < 4.78 is 5.68. The van der Waals surface area contributed by atoms with Crippen LogP contribution in [-0.2, 0) is 6.54 Å². The van der Waals surface area contributed by atoms with Crippen LogP contribution in [0.1, 0.15) is 11.3 Å². The number of hydrogen-bond acceptors (Lipinski definition) is 5. The number of aromatic nitrogens is 1. The Morgan fingerprint density at radius 3 is 3.14 bits per heavy atom. The summed E-state index contributed by atoms with van der Waals surface area (Å²) in [6, 6.07) is 10.00. The van der Waals surface area contributed by atoms with Crippen LogP contribution in [0, 0.1) is 0 Å². The lowest BCUT2D eigenvalue weighted by atomic mass is 10.2. The van der Waals surface area contributed by atoms with Crippen molar-refractivity contribution in [2.24, 2.45) is 4.99 Å². The molecule has 3 heterocycles. The molecule has 2 aliphatic rings. The highest BCUT2D eigenvalue weighted by molar-refractivity contribution is 6.09. The zero-order chi connectivity index (χ0) is 15.1. The lowest BCUT2D eigenvalue weighted by molar-refractivity contribution is 0.338. The predicted octanol–water partition coefficient (Wildman–Crippen LogP) is 2.80. The third-order valence-electron chi connectivity index (χ3n) is 3.97. The highest BCUT2D eigenvalue weighted by Gasteiger charge is 2.20. The minimum atomic E-state index is 0.528. The molecule has 0 amide bonds. The SMILES string of the molecule is C=C1COc2ccc(NC3=NCc4cccnc43)cc2N1C. The fourth-order valence-electron chi connectivity index (χ4n) is 2.66. The van der Waals surface area contributed by atoms with Crippen LogP contribution in [0.3, 0.4) is 0 Å². The topological polar surface area (TPSA) is 49.8 Å². The lowest BCUT2D eigenvalue weighted by Gasteiger charge is -2.30. The van der Waals surface area contributed by atoms with Crippen molar-refractivity contribution in [2.75, 3.05) is 23.9 Å². The molecule has 0 radical (unpaired) electrons. The molecule has 110 valence electrons. The molecule has 2 aromatic rings. The molecule has 4 rings (SSSR count). The van der Waals surface area contributed by atoms with Crippen molar-refractivity contribution in [1.82, 2.24) is 4.98 Å². The highest BCUT2D eigenvalue weighted by atomic mass is 16.5. The van der Waals surface area contributed by atoms with Gasteiger partial charge in [0, 0.05) is 30.2 Å². The van der Waals surface area contributed by atoms with Crippen LogP contribution in [0.25, 0.3) is 0 Å². The number of rotatable bonds is 1. The van der Waals surface area contributed by atoms with E-state index < -0.39 is 0 Å². The van der Waals surface area contributed by atoms with Crippen molar-refractivity contribution in [3.8, 4) is 5.75 Å². The first-order valence-electron chi connectivity index (χ1n) is 7.16. The Kier molecular flexibility index (Phi) is 2.85. The van der Waals surface area contributed by atoms with Gasteiger partial charge in [-0.15, -0.1) is 0 Å². The molecule has 2 aliphatic heterocycles. The van der Waals surface area contributed by atoms with E-state index in [4.69, 9.17) is 4.74 Å². The number of nitrogens with one attached hydrogen (secondary N) is 1. The van der Waals surface area contributed by atoms with E-state index in [1.54, 1.807) is 6.20 Å². The van der Waals surface area contributed by atoms with Crippen LogP contribution in [-0.4, -0.2) is 24.5 Å². The molecule has 1 aromatic carbocycles. The Labute approximate surface area is 129 Å². The first-order valence-corrected chi connectivity index (χ1v) is 7.16. The Bertz CT molecular complexity index is 797. The second-order valence-corrected chi connectivity index (χ2v) is 5.40. The minimum absolute atomic E-state index is 0.528. The number of hydrogen-bond donors (Lipinski definition) is 1. The lowest BCUT2D eigenvalue weighted by Crippen LogP contribution is -2.26. The normalized spacial score (nSPS) is 15.8. The average Bonchev–Trinajstić information content (AvgIpc) is 2.95. The molecular weight excluding hydrogens is 276 g/mol. The molecule has 1 N–H and O–H groups in total. The number of aliphatic imine (C=N–C) groups is 1. The highest BCUT2D eigenvalue weighted by Crippen LogP contribution is 2.36. The van der Waals surface area contributed by atoms with E-state index >= 15 is 0 Å². The van der Waals surface area contributed by atoms with Crippen LogP contribution in [0.2, 0.25) is 0 Å². The zero-order valence-corrected chi connectivity index (χ0v) is 12.3. The van der Waals surface area contributed by atoms with E-state index in [9.17, 15) is 0 Å². The van der Waals surface area contributed by atoms with Gasteiger partial charge in [-0.2, -0.15) is 0 Å². The van der Waals surface area contributed by atoms with E-state index in [0.717, 1.165) is 39.9 Å². The average molecular weight is 292 g/mol. The van der Waals surface area contributed by atoms with Crippen LogP contribution >= 0.6 is 0 Å². The van der Waals surface area contributed by atoms with Gasteiger partial charge in [-0.3, -0.25) is 9.98 Å². The van der Waals surface area contributed by atoms with Crippen LogP contribution < -0.4 is 15.0 Å². The molecule has 0 saturated carbocycles. The smallest absolute Gasteiger partial charge is 0.152 e. The summed E-state index contributed by atoms with van der Waals surface area (Å²) in [5, 5.41) is 3.36. The fourth-order valence-corrected chi connectivity index (χ4v) is 2.66. The molecule has 0 fully saturated rings. The van der Waals surface area contributed by atoms with Crippen molar-refractivity contribution in [3.63, 3.8) is 0 Å². The second-order valence-electron chi connectivity index (χ2n) is 5.40. The number of ether oxygens (including phenoxy) is 1. The maximum Gasteiger partial charge on any atom is 0.152 e. The van der Waals surface area contributed by atoms with Crippen molar-refractivity contribution in [2.45, 2.75) is 6.54 Å². The maximum absolute atomic E-state index is 5.68. The second kappa shape index (κ2) is 4.87. The Morgan fingerprint density at radius 2 is 2.23 bits per heavy atom. The van der Waals surface area contributed by atoms with Crippen LogP contribution in [0.5, 0.6) is 5.75 Å². The molecule has 0 spiro atoms. The maximum atomic E-state index is 5.68. The largest absolute Gasteiger partial charge is 0.485 e. The van der Waals surface area contributed by atoms with Crippen molar-refractivity contribution in [1.29, 1.82) is 0 Å². The van der Waals surface area contributed by atoms with Crippen molar-refractivity contribution < 1.29 is 4.74 Å². The van der Waals surface area contributed by atoms with Crippen molar-refractivity contribution >= 4 is 17.2 Å². The summed E-state index contributed by atoms with van der Waals surface area (Å²) in [6.45, 7) is 5.21. The molecule has 5 nitrogen and oxygen atoms in total. The number of nitrogens with zero attached hydrogens (tertiary/aromatic N) is 3. The number of fused-ring (bicyclic) bond motifs is 2. The van der Waals surface area contributed by atoms with Gasteiger partial charge in [-0.25, -0.2) is 0 Å². The molecule has 0 aliphatic carbocycles. The number of amidine groups is 1. The number of likely N-dealkylation sites (N-methyl/N-ethyl adjacent to an activating group) is 1. The molecule has 22 heavy (non-hydrogen) atoms. The van der Waals surface area contributed by atoms with E-state index in [1.807, 2.05) is 36.2 Å². The molecule has 5 heteroatoms. The minimum Gasteiger partial charge on any atom is -0.485 e. The van der Waals surface area contributed by atoms with Crippen LogP contribution in [0.15, 0.2) is 53.8 Å². The van der Waals surface area contributed by atoms with Gasteiger partial charge < -0.3 is 15.0 Å². The van der Waals surface area contributed by atoms with E-state index in [-0.39, 0.29) is 0 Å². The molecule has 1 aromatic heterocycles. The van der Waals surface area contributed by atoms with E-state index in [1.165, 1.54) is 0 Å². The first-order chi connectivity index (χ1) is 10.7. The van der Waals surface area contributed by atoms with Crippen molar-refractivity contribution in [3.05, 3.63) is 60.1 Å². The van der Waals surface area contributed by atoms with Gasteiger partial charge in [0.2, 0.25) is 0 Å². The van der Waals surface area contributed by atoms with E-state index in [2.05, 4.69) is 27.9 Å². The summed E-state index contributed by atoms with van der Waals surface area (Å²) in [5.41, 5.74) is 4.98. The third kappa shape index (κ3) is 2.02. The molecule has 0 bridgehead atoms. The number of anilines is 2. The summed E-state index contributed by atoms with van der Waals surface area (Å²) in [5.74, 6) is 1.68. The molecule has 0 atom stereocenters. The summed E-state index contributed by atoms with van der Waals surface area (Å²) in [4.78, 5) is 11.0. The van der Waals surface area contributed by atoms with Gasteiger partial charge in [-0.05, 0) is 24.3 Å². The molecular formula is C17H16N4O. The molecule has 0 saturated heterocycles. The van der Waals surface area contributed by atoms with Gasteiger partial charge in [0.25, 0.3) is 0 Å². The summed E-state index contributed by atoms with van der Waals surface area (Å²) in [6.07, 6.45) is 1.79. The Balaban J connectivity index is 1.64. The van der Waals surface area contributed by atoms with Gasteiger partial charge in [0.15, 0.2) is 5.84 Å². The number of pyridine rings is 1. The van der Waals surface area contributed by atoms with Gasteiger partial charge in [0.1, 0.15) is 18.1 Å². The first kappa shape index (κ1) is 12.9. The fraction of sp³-hybridized carbons (Fsp3) is 0.176. The zero-order valence-electron chi connectivity index (χ0n) is 12.3. The standard InChI is InChI=1S/C17H16N4O/c1-11-10-22-15-6-5-13(8-14(15)21(11)2)20-17-16-12(9-19-17)4-3-7-18-16/h3-8H,1,9-10H2,2H3,(H,19,20). The van der Waals surface area contributed by atoms with Gasteiger partial charge in [-0.1, -0.05) is 12.6 Å². The molecule has 0 unspecified atom stereocenters. The summed E-state index contributed by atoms with van der Waals surface area (Å²) >= 11 is 0. The monoisotopic (exact) mass is 292 g/mol. The summed E-state index contributed by atoms with van der Waals surface area (Å²) in [7, 11) is 2.00. The predicted molar refractivity (Wildman–Crippen MR) is 87.6 cm³/mol. The van der Waals surface area contributed by atoms with Crippen LogP contribution in [0.4, 0.5) is 11.4 Å².